The van der Waals surface area contributed by atoms with E-state index in [4.69, 9.17) is 16.3 Å². The van der Waals surface area contributed by atoms with Gasteiger partial charge in [-0.2, -0.15) is 0 Å². The van der Waals surface area contributed by atoms with Crippen LogP contribution < -0.4 is 10.1 Å². The summed E-state index contributed by atoms with van der Waals surface area (Å²) in [5.74, 6) is 0.904. The smallest absolute Gasteiger partial charge is 0.122 e. The Labute approximate surface area is 133 Å². The van der Waals surface area contributed by atoms with Crippen LogP contribution in [0.2, 0.25) is 5.02 Å². The topological polar surface area (TPSA) is 21.3 Å². The van der Waals surface area contributed by atoms with E-state index in [1.807, 2.05) is 43.4 Å². The maximum absolute atomic E-state index is 6.34. The quantitative estimate of drug-likeness (QED) is 0.846. The molecule has 2 nitrogen and oxygen atoms in total. The van der Waals surface area contributed by atoms with E-state index >= 15 is 0 Å². The summed E-state index contributed by atoms with van der Waals surface area (Å²) in [6, 6.07) is 14.2. The second kappa shape index (κ2) is 7.11. The van der Waals surface area contributed by atoms with Crippen molar-refractivity contribution in [3.8, 4) is 5.75 Å². The average molecular weight is 355 g/mol. The molecule has 0 saturated heterocycles. The van der Waals surface area contributed by atoms with Gasteiger partial charge in [0.15, 0.2) is 0 Å². The Balaban J connectivity index is 2.29. The van der Waals surface area contributed by atoms with Gasteiger partial charge in [-0.25, -0.2) is 0 Å². The molecule has 0 amide bonds. The molecule has 1 unspecified atom stereocenters. The number of halogens is 2. The van der Waals surface area contributed by atoms with Crippen molar-refractivity contribution in [1.82, 2.24) is 5.32 Å². The van der Waals surface area contributed by atoms with Crippen LogP contribution >= 0.6 is 27.5 Å². The van der Waals surface area contributed by atoms with Gasteiger partial charge in [-0.15, -0.1) is 0 Å². The highest BCUT2D eigenvalue weighted by molar-refractivity contribution is 9.10. The standard InChI is InChI=1S/C16H17BrClNO/c1-19-15(13-8-7-12(17)10-14(13)18)9-11-5-3-4-6-16(11)20-2/h3-8,10,15,19H,9H2,1-2H3. The van der Waals surface area contributed by atoms with E-state index in [0.717, 1.165) is 32.8 Å². The van der Waals surface area contributed by atoms with Gasteiger partial charge in [-0.3, -0.25) is 0 Å². The third-order valence-corrected chi connectivity index (χ3v) is 4.12. The molecule has 0 heterocycles. The molecule has 2 aromatic rings. The predicted molar refractivity (Wildman–Crippen MR) is 87.7 cm³/mol. The van der Waals surface area contributed by atoms with Gasteiger partial charge < -0.3 is 10.1 Å². The van der Waals surface area contributed by atoms with Crippen molar-refractivity contribution in [2.45, 2.75) is 12.5 Å². The summed E-state index contributed by atoms with van der Waals surface area (Å²) in [7, 11) is 3.64. The Bertz CT molecular complexity index is 588. The normalized spacial score (nSPS) is 12.2. The highest BCUT2D eigenvalue weighted by atomic mass is 79.9. The molecule has 0 aliphatic heterocycles. The molecule has 20 heavy (non-hydrogen) atoms. The van der Waals surface area contributed by atoms with Crippen LogP contribution in [0, 0.1) is 0 Å². The predicted octanol–water partition coefficient (Wildman–Crippen LogP) is 4.61. The summed E-state index contributed by atoms with van der Waals surface area (Å²) in [5.41, 5.74) is 2.25. The van der Waals surface area contributed by atoms with Gasteiger partial charge in [0.1, 0.15) is 5.75 Å². The molecule has 0 radical (unpaired) electrons. The number of hydrogen-bond acceptors (Lipinski definition) is 2. The molecule has 0 aromatic heterocycles. The SMILES string of the molecule is CNC(Cc1ccccc1OC)c1ccc(Br)cc1Cl. The molecule has 0 aliphatic carbocycles. The average Bonchev–Trinajstić information content (AvgIpc) is 2.46. The number of benzene rings is 2. The second-order valence-electron chi connectivity index (χ2n) is 4.52. The first kappa shape index (κ1) is 15.4. The number of ether oxygens (including phenoxy) is 1. The third kappa shape index (κ3) is 3.54. The van der Waals surface area contributed by atoms with E-state index in [0.29, 0.717) is 0 Å². The van der Waals surface area contributed by atoms with Crippen molar-refractivity contribution in [2.75, 3.05) is 14.2 Å². The van der Waals surface area contributed by atoms with Gasteiger partial charge in [-0.1, -0.05) is 51.8 Å². The van der Waals surface area contributed by atoms with Gasteiger partial charge in [0, 0.05) is 15.5 Å². The van der Waals surface area contributed by atoms with E-state index < -0.39 is 0 Å². The Kier molecular flexibility index (Phi) is 5.46. The zero-order valence-corrected chi connectivity index (χ0v) is 13.8. The third-order valence-electron chi connectivity index (χ3n) is 3.30. The summed E-state index contributed by atoms with van der Waals surface area (Å²) in [6.45, 7) is 0. The largest absolute Gasteiger partial charge is 0.496 e. The fourth-order valence-electron chi connectivity index (χ4n) is 2.24. The van der Waals surface area contributed by atoms with Crippen molar-refractivity contribution in [3.05, 3.63) is 63.1 Å². The first-order valence-electron chi connectivity index (χ1n) is 6.39. The maximum Gasteiger partial charge on any atom is 0.122 e. The van der Waals surface area contributed by atoms with Gasteiger partial charge in [-0.05, 0) is 42.8 Å². The Hall–Kier alpha value is -1.03. The van der Waals surface area contributed by atoms with Gasteiger partial charge in [0.25, 0.3) is 0 Å². The monoisotopic (exact) mass is 353 g/mol. The van der Waals surface area contributed by atoms with Gasteiger partial charge in [0.2, 0.25) is 0 Å². The molecule has 106 valence electrons. The molecule has 0 fully saturated rings. The van der Waals surface area contributed by atoms with Crippen molar-refractivity contribution in [2.24, 2.45) is 0 Å². The first-order valence-corrected chi connectivity index (χ1v) is 7.57. The second-order valence-corrected chi connectivity index (χ2v) is 5.85. The summed E-state index contributed by atoms with van der Waals surface area (Å²) in [4.78, 5) is 0. The number of para-hydroxylation sites is 1. The van der Waals surface area contributed by atoms with Crippen LogP contribution in [-0.2, 0) is 6.42 Å². The number of methoxy groups -OCH3 is 1. The lowest BCUT2D eigenvalue weighted by Gasteiger charge is -2.19. The van der Waals surface area contributed by atoms with Crippen LogP contribution in [0.25, 0.3) is 0 Å². The lowest BCUT2D eigenvalue weighted by atomic mass is 9.98. The Morgan fingerprint density at radius 1 is 1.25 bits per heavy atom. The van der Waals surface area contributed by atoms with E-state index in [1.54, 1.807) is 7.11 Å². The fourth-order valence-corrected chi connectivity index (χ4v) is 3.05. The highest BCUT2D eigenvalue weighted by Gasteiger charge is 2.15. The van der Waals surface area contributed by atoms with Crippen LogP contribution in [-0.4, -0.2) is 14.2 Å². The highest BCUT2D eigenvalue weighted by Crippen LogP contribution is 2.30. The summed E-state index contributed by atoms with van der Waals surface area (Å²) in [5, 5.41) is 4.08. The zero-order chi connectivity index (χ0) is 14.5. The van der Waals surface area contributed by atoms with Gasteiger partial charge >= 0.3 is 0 Å². The van der Waals surface area contributed by atoms with E-state index in [1.165, 1.54) is 0 Å². The molecule has 0 bridgehead atoms. The summed E-state index contributed by atoms with van der Waals surface area (Å²) in [6.07, 6.45) is 0.821. The fraction of sp³-hybridized carbons (Fsp3) is 0.250. The minimum atomic E-state index is 0.145. The molecule has 2 aromatic carbocycles. The molecule has 1 atom stereocenters. The van der Waals surface area contributed by atoms with Crippen molar-refractivity contribution >= 4 is 27.5 Å². The number of hydrogen-bond donors (Lipinski definition) is 1. The number of nitrogens with one attached hydrogen (secondary N) is 1. The minimum absolute atomic E-state index is 0.145. The Morgan fingerprint density at radius 2 is 2.00 bits per heavy atom. The van der Waals surface area contributed by atoms with E-state index in [2.05, 4.69) is 27.3 Å². The molecular weight excluding hydrogens is 338 g/mol. The lowest BCUT2D eigenvalue weighted by molar-refractivity contribution is 0.406. The van der Waals surface area contributed by atoms with Crippen LogP contribution in [0.4, 0.5) is 0 Å². The molecule has 1 N–H and O–H groups in total. The minimum Gasteiger partial charge on any atom is -0.496 e. The molecule has 2 rings (SSSR count). The molecule has 4 heteroatoms. The lowest BCUT2D eigenvalue weighted by Crippen LogP contribution is -2.19. The van der Waals surface area contributed by atoms with Crippen LogP contribution in [0.15, 0.2) is 46.9 Å². The maximum atomic E-state index is 6.34. The number of rotatable bonds is 5. The number of likely N-dealkylation sites (N-methyl/N-ethyl adjacent to an activating group) is 1. The molecule has 0 aliphatic rings. The Morgan fingerprint density at radius 3 is 2.65 bits per heavy atom. The van der Waals surface area contributed by atoms with Crippen LogP contribution in [0.5, 0.6) is 5.75 Å². The molecule has 0 saturated carbocycles. The zero-order valence-electron chi connectivity index (χ0n) is 11.5. The first-order chi connectivity index (χ1) is 9.65. The van der Waals surface area contributed by atoms with E-state index in [9.17, 15) is 0 Å². The van der Waals surface area contributed by atoms with Gasteiger partial charge in [0.05, 0.1) is 7.11 Å². The molecular formula is C16H17BrClNO. The molecule has 0 spiro atoms. The van der Waals surface area contributed by atoms with Crippen LogP contribution in [0.1, 0.15) is 17.2 Å². The summed E-state index contributed by atoms with van der Waals surface area (Å²) >= 11 is 9.77. The summed E-state index contributed by atoms with van der Waals surface area (Å²) < 4.78 is 6.39. The van der Waals surface area contributed by atoms with Crippen LogP contribution in [0.3, 0.4) is 0 Å². The van der Waals surface area contributed by atoms with Crippen molar-refractivity contribution in [3.63, 3.8) is 0 Å². The van der Waals surface area contributed by atoms with Crippen molar-refractivity contribution in [1.29, 1.82) is 0 Å². The van der Waals surface area contributed by atoms with E-state index in [-0.39, 0.29) is 6.04 Å². The van der Waals surface area contributed by atoms with Crippen molar-refractivity contribution < 1.29 is 4.74 Å².